The van der Waals surface area contributed by atoms with Crippen LogP contribution in [-0.4, -0.2) is 40.0 Å². The Morgan fingerprint density at radius 3 is 2.89 bits per heavy atom. The van der Waals surface area contributed by atoms with Crippen LogP contribution in [0.2, 0.25) is 0 Å². The number of nitrogens with zero attached hydrogens (tertiary/aromatic N) is 3. The van der Waals surface area contributed by atoms with Gasteiger partial charge in [-0.05, 0) is 25.8 Å². The third-order valence-corrected chi connectivity index (χ3v) is 3.83. The van der Waals surface area contributed by atoms with E-state index in [4.69, 9.17) is 11.6 Å². The minimum atomic E-state index is 0.231. The van der Waals surface area contributed by atoms with Gasteiger partial charge in [-0.1, -0.05) is 0 Å². The van der Waals surface area contributed by atoms with Crippen molar-refractivity contribution in [2.45, 2.75) is 31.3 Å². The number of nitrogens with two attached hydrogens (primary N) is 2. The molecule has 7 nitrogen and oxygen atoms in total. The molecule has 0 bridgehead atoms. The molecule has 2 atom stereocenters. The lowest BCUT2D eigenvalue weighted by atomic mass is 10.1. The van der Waals surface area contributed by atoms with Crippen LogP contribution in [0.3, 0.4) is 0 Å². The molecule has 0 aromatic carbocycles. The van der Waals surface area contributed by atoms with Crippen molar-refractivity contribution >= 4 is 17.6 Å². The van der Waals surface area contributed by atoms with E-state index in [1.165, 1.54) is 25.9 Å². The van der Waals surface area contributed by atoms with Crippen molar-refractivity contribution in [1.29, 1.82) is 0 Å². The molecule has 6 N–H and O–H groups in total. The second-order valence-corrected chi connectivity index (χ2v) is 4.93. The Morgan fingerprint density at radius 1 is 1.22 bits per heavy atom. The molecule has 1 aromatic heterocycles. The fraction of sp³-hybridized carbons (Fsp3) is 0.636. The van der Waals surface area contributed by atoms with Gasteiger partial charge in [0.2, 0.25) is 5.95 Å². The monoisotopic (exact) mass is 249 g/mol. The van der Waals surface area contributed by atoms with E-state index in [2.05, 4.69) is 25.6 Å². The lowest BCUT2D eigenvalue weighted by molar-refractivity contribution is 0.318. The molecule has 98 valence electrons. The summed E-state index contributed by atoms with van der Waals surface area (Å²) >= 11 is 0. The first-order valence-electron chi connectivity index (χ1n) is 6.38. The van der Waals surface area contributed by atoms with Gasteiger partial charge in [-0.25, -0.2) is 5.84 Å². The van der Waals surface area contributed by atoms with Crippen LogP contribution < -0.4 is 22.3 Å². The number of fused-ring (bicyclic) bond motifs is 1. The van der Waals surface area contributed by atoms with Crippen molar-refractivity contribution in [3.63, 3.8) is 0 Å². The van der Waals surface area contributed by atoms with E-state index in [9.17, 15) is 0 Å². The Labute approximate surface area is 106 Å². The molecule has 18 heavy (non-hydrogen) atoms. The Kier molecular flexibility index (Phi) is 2.92. The molecule has 0 spiro atoms. The normalized spacial score (nSPS) is 27.2. The van der Waals surface area contributed by atoms with Crippen LogP contribution in [0.5, 0.6) is 0 Å². The number of anilines is 3. The van der Waals surface area contributed by atoms with Gasteiger partial charge in [0.1, 0.15) is 11.6 Å². The summed E-state index contributed by atoms with van der Waals surface area (Å²) in [5.74, 6) is 6.86. The van der Waals surface area contributed by atoms with E-state index < -0.39 is 0 Å². The number of hydrogen-bond donors (Lipinski definition) is 4. The van der Waals surface area contributed by atoms with Gasteiger partial charge in [0, 0.05) is 24.7 Å². The van der Waals surface area contributed by atoms with Gasteiger partial charge in [-0.2, -0.15) is 9.97 Å². The molecular formula is C11H19N7. The number of nitrogen functional groups attached to an aromatic ring is 2. The molecule has 3 rings (SSSR count). The van der Waals surface area contributed by atoms with Gasteiger partial charge in [-0.15, -0.1) is 0 Å². The third kappa shape index (κ3) is 2.06. The van der Waals surface area contributed by atoms with E-state index in [-0.39, 0.29) is 5.95 Å². The van der Waals surface area contributed by atoms with E-state index >= 15 is 0 Å². The molecule has 3 heterocycles. The molecule has 2 saturated heterocycles. The first-order chi connectivity index (χ1) is 8.76. The number of hydrazine groups is 1. The van der Waals surface area contributed by atoms with Gasteiger partial charge >= 0.3 is 0 Å². The number of nitrogens with one attached hydrogen (secondary N) is 2. The van der Waals surface area contributed by atoms with Crippen molar-refractivity contribution < 1.29 is 0 Å². The smallest absolute Gasteiger partial charge is 0.223 e. The molecule has 0 radical (unpaired) electrons. The summed E-state index contributed by atoms with van der Waals surface area (Å²) in [6, 6.07) is 2.87. The van der Waals surface area contributed by atoms with E-state index in [0.717, 1.165) is 12.2 Å². The third-order valence-electron chi connectivity index (χ3n) is 3.83. The highest BCUT2D eigenvalue weighted by Crippen LogP contribution is 2.30. The SMILES string of the molecule is NNc1cc(NC2CCN3CCCC23)nc(N)n1. The second kappa shape index (κ2) is 4.58. The van der Waals surface area contributed by atoms with Gasteiger partial charge in [0.05, 0.1) is 0 Å². The summed E-state index contributed by atoms with van der Waals surface area (Å²) in [6.45, 7) is 2.40. The molecule has 1 aromatic rings. The summed E-state index contributed by atoms with van der Waals surface area (Å²) < 4.78 is 0. The highest BCUT2D eigenvalue weighted by Gasteiger charge is 2.37. The van der Waals surface area contributed by atoms with Crippen LogP contribution in [0.15, 0.2) is 6.07 Å². The Balaban J connectivity index is 1.74. The predicted octanol–water partition coefficient (Wildman–Crippen LogP) is -0.00700. The van der Waals surface area contributed by atoms with Crippen molar-refractivity contribution in [1.82, 2.24) is 14.9 Å². The molecule has 2 aliphatic heterocycles. The highest BCUT2D eigenvalue weighted by molar-refractivity contribution is 5.51. The van der Waals surface area contributed by atoms with Crippen molar-refractivity contribution in [3.05, 3.63) is 6.07 Å². The zero-order valence-electron chi connectivity index (χ0n) is 10.3. The van der Waals surface area contributed by atoms with Gasteiger partial charge < -0.3 is 16.5 Å². The average molecular weight is 249 g/mol. The second-order valence-electron chi connectivity index (χ2n) is 4.93. The van der Waals surface area contributed by atoms with E-state index in [0.29, 0.717) is 17.9 Å². The molecule has 0 saturated carbocycles. The van der Waals surface area contributed by atoms with Gasteiger partial charge in [-0.3, -0.25) is 4.90 Å². The predicted molar refractivity (Wildman–Crippen MR) is 70.9 cm³/mol. The van der Waals surface area contributed by atoms with Crippen LogP contribution in [0, 0.1) is 0 Å². The van der Waals surface area contributed by atoms with Crippen LogP contribution in [0.4, 0.5) is 17.6 Å². The zero-order chi connectivity index (χ0) is 12.5. The maximum absolute atomic E-state index is 5.65. The van der Waals surface area contributed by atoms with Gasteiger partial charge in [0.15, 0.2) is 0 Å². The van der Waals surface area contributed by atoms with E-state index in [1.54, 1.807) is 6.07 Å². The minimum absolute atomic E-state index is 0.231. The maximum atomic E-state index is 5.65. The van der Waals surface area contributed by atoms with Crippen molar-refractivity contribution in [2.24, 2.45) is 5.84 Å². The van der Waals surface area contributed by atoms with E-state index in [1.807, 2.05) is 0 Å². The molecule has 2 unspecified atom stereocenters. The summed E-state index contributed by atoms with van der Waals surface area (Å²) in [7, 11) is 0. The lowest BCUT2D eigenvalue weighted by Gasteiger charge is -2.21. The summed E-state index contributed by atoms with van der Waals surface area (Å²) in [5, 5.41) is 3.46. The van der Waals surface area contributed by atoms with Crippen molar-refractivity contribution in [2.75, 3.05) is 29.6 Å². The number of hydrogen-bond acceptors (Lipinski definition) is 7. The largest absolute Gasteiger partial charge is 0.368 e. The molecule has 2 aliphatic rings. The fourth-order valence-electron chi connectivity index (χ4n) is 3.05. The van der Waals surface area contributed by atoms with Crippen LogP contribution in [0.25, 0.3) is 0 Å². The number of aromatic nitrogens is 2. The molecule has 0 amide bonds. The zero-order valence-corrected chi connectivity index (χ0v) is 10.3. The van der Waals surface area contributed by atoms with Gasteiger partial charge in [0.25, 0.3) is 0 Å². The highest BCUT2D eigenvalue weighted by atomic mass is 15.3. The molecular weight excluding hydrogens is 230 g/mol. The van der Waals surface area contributed by atoms with Crippen LogP contribution in [0.1, 0.15) is 19.3 Å². The molecule has 7 heteroatoms. The minimum Gasteiger partial charge on any atom is -0.368 e. The first-order valence-corrected chi connectivity index (χ1v) is 6.38. The molecule has 2 fully saturated rings. The Bertz CT molecular complexity index is 435. The van der Waals surface area contributed by atoms with Crippen molar-refractivity contribution in [3.8, 4) is 0 Å². The summed E-state index contributed by atoms with van der Waals surface area (Å²) in [5.41, 5.74) is 8.15. The Morgan fingerprint density at radius 2 is 2.06 bits per heavy atom. The number of rotatable bonds is 3. The lowest BCUT2D eigenvalue weighted by Crippen LogP contribution is -2.34. The van der Waals surface area contributed by atoms with Crippen LogP contribution >= 0.6 is 0 Å². The Hall–Kier alpha value is -1.60. The van der Waals surface area contributed by atoms with Crippen LogP contribution in [-0.2, 0) is 0 Å². The quantitative estimate of drug-likeness (QED) is 0.441. The summed E-state index contributed by atoms with van der Waals surface area (Å²) in [6.07, 6.45) is 3.71. The average Bonchev–Trinajstić information content (AvgIpc) is 2.93. The first kappa shape index (κ1) is 11.5. The molecule has 0 aliphatic carbocycles. The standard InChI is InChI=1S/C11H19N7/c12-11-15-9(6-10(16-11)17-13)14-7-3-5-18-4-1-2-8(7)18/h6-8H,1-5,13H2,(H4,12,14,15,16,17). The maximum Gasteiger partial charge on any atom is 0.223 e. The fourth-order valence-corrected chi connectivity index (χ4v) is 3.05. The summed E-state index contributed by atoms with van der Waals surface area (Å²) in [4.78, 5) is 10.7. The topological polar surface area (TPSA) is 105 Å².